The molecular weight excluding hydrogens is 266 g/mol. The van der Waals surface area contributed by atoms with E-state index >= 15 is 0 Å². The summed E-state index contributed by atoms with van der Waals surface area (Å²) in [6, 6.07) is 13.8. The third kappa shape index (κ3) is 3.63. The maximum Gasteiger partial charge on any atom is 0.336 e. The summed E-state index contributed by atoms with van der Waals surface area (Å²) in [6.45, 7) is 0. The molecule has 2 N–H and O–H groups in total. The molecule has 0 aliphatic rings. The summed E-state index contributed by atoms with van der Waals surface area (Å²) >= 11 is 0. The fraction of sp³-hybridized carbons (Fsp3) is 0.118. The number of aromatic hydroxyl groups is 1. The third-order valence-electron chi connectivity index (χ3n) is 3.11. The van der Waals surface area contributed by atoms with Crippen LogP contribution in [0.4, 0.5) is 5.69 Å². The van der Waals surface area contributed by atoms with Crippen molar-refractivity contribution in [2.45, 2.75) is 0 Å². The quantitative estimate of drug-likeness (QED) is 0.668. The highest BCUT2D eigenvalue weighted by Crippen LogP contribution is 2.23. The first kappa shape index (κ1) is 14.7. The van der Waals surface area contributed by atoms with Crippen LogP contribution in [0.2, 0.25) is 0 Å². The van der Waals surface area contributed by atoms with Crippen molar-refractivity contribution in [3.8, 4) is 5.75 Å². The van der Waals surface area contributed by atoms with Gasteiger partial charge < -0.3 is 15.1 Å². The van der Waals surface area contributed by atoms with Crippen molar-refractivity contribution in [3.05, 3.63) is 59.7 Å². The fourth-order valence-corrected chi connectivity index (χ4v) is 1.98. The smallest absolute Gasteiger partial charge is 0.336 e. The van der Waals surface area contributed by atoms with Crippen LogP contribution in [0.25, 0.3) is 11.6 Å². The second-order valence-electron chi connectivity index (χ2n) is 4.90. The maximum atomic E-state index is 11.4. The van der Waals surface area contributed by atoms with Crippen molar-refractivity contribution < 1.29 is 15.0 Å². The van der Waals surface area contributed by atoms with E-state index in [0.29, 0.717) is 5.56 Å². The number of phenolic OH excluding ortho intramolecular Hbond substituents is 1. The van der Waals surface area contributed by atoms with Gasteiger partial charge in [0.1, 0.15) is 5.75 Å². The number of aliphatic carboxylic acids is 1. The Hall–Kier alpha value is -2.75. The largest absolute Gasteiger partial charge is 0.508 e. The summed E-state index contributed by atoms with van der Waals surface area (Å²) in [7, 11) is 3.89. The number of hydrogen-bond donors (Lipinski definition) is 2. The molecule has 0 radical (unpaired) electrons. The molecule has 21 heavy (non-hydrogen) atoms. The molecule has 4 heteroatoms. The van der Waals surface area contributed by atoms with Gasteiger partial charge >= 0.3 is 5.97 Å². The lowest BCUT2D eigenvalue weighted by Gasteiger charge is -2.12. The SMILES string of the molecule is CN(C)c1ccc(/C=C(\C(=O)O)c2cccc(O)c2)cc1. The number of carboxylic acids is 1. The first-order chi connectivity index (χ1) is 9.97. The molecule has 0 atom stereocenters. The van der Waals surface area contributed by atoms with Crippen LogP contribution < -0.4 is 4.90 Å². The van der Waals surface area contributed by atoms with Crippen LogP contribution in [0.5, 0.6) is 5.75 Å². The van der Waals surface area contributed by atoms with E-state index in [1.165, 1.54) is 12.1 Å². The second kappa shape index (κ2) is 6.13. The van der Waals surface area contributed by atoms with E-state index in [-0.39, 0.29) is 11.3 Å². The van der Waals surface area contributed by atoms with Gasteiger partial charge in [-0.1, -0.05) is 24.3 Å². The minimum atomic E-state index is -1.03. The molecule has 0 amide bonds. The molecule has 0 aliphatic heterocycles. The Kier molecular flexibility index (Phi) is 4.28. The second-order valence-corrected chi connectivity index (χ2v) is 4.90. The number of rotatable bonds is 4. The van der Waals surface area contributed by atoms with Crippen LogP contribution in [0, 0.1) is 0 Å². The Morgan fingerprint density at radius 3 is 2.29 bits per heavy atom. The number of hydrogen-bond acceptors (Lipinski definition) is 3. The van der Waals surface area contributed by atoms with Crippen LogP contribution in [0.1, 0.15) is 11.1 Å². The zero-order chi connectivity index (χ0) is 15.4. The number of phenols is 1. The van der Waals surface area contributed by atoms with Gasteiger partial charge in [0.2, 0.25) is 0 Å². The lowest BCUT2D eigenvalue weighted by Crippen LogP contribution is -2.08. The summed E-state index contributed by atoms with van der Waals surface area (Å²) in [4.78, 5) is 13.4. The molecule has 0 fully saturated rings. The molecule has 2 aromatic carbocycles. The van der Waals surface area contributed by atoms with Crippen molar-refractivity contribution in [2.24, 2.45) is 0 Å². The van der Waals surface area contributed by atoms with Gasteiger partial charge in [-0.05, 0) is 41.5 Å². The van der Waals surface area contributed by atoms with Crippen molar-refractivity contribution in [2.75, 3.05) is 19.0 Å². The van der Waals surface area contributed by atoms with Gasteiger partial charge in [-0.3, -0.25) is 0 Å². The highest BCUT2D eigenvalue weighted by molar-refractivity contribution is 6.20. The highest BCUT2D eigenvalue weighted by atomic mass is 16.4. The predicted octanol–water partition coefficient (Wildman–Crippen LogP) is 3.08. The minimum Gasteiger partial charge on any atom is -0.508 e. The molecule has 4 nitrogen and oxygen atoms in total. The van der Waals surface area contributed by atoms with E-state index in [1.807, 2.05) is 43.3 Å². The van der Waals surface area contributed by atoms with E-state index in [1.54, 1.807) is 18.2 Å². The molecule has 0 saturated heterocycles. The fourth-order valence-electron chi connectivity index (χ4n) is 1.98. The van der Waals surface area contributed by atoms with E-state index in [4.69, 9.17) is 0 Å². The van der Waals surface area contributed by atoms with Gasteiger partial charge in [0.25, 0.3) is 0 Å². The minimum absolute atomic E-state index is 0.0441. The molecule has 0 aromatic heterocycles. The topological polar surface area (TPSA) is 60.8 Å². The molecule has 0 unspecified atom stereocenters. The van der Waals surface area contributed by atoms with E-state index < -0.39 is 5.97 Å². The lowest BCUT2D eigenvalue weighted by atomic mass is 10.0. The Morgan fingerprint density at radius 2 is 1.76 bits per heavy atom. The molecule has 0 saturated carbocycles. The number of nitrogens with zero attached hydrogens (tertiary/aromatic N) is 1. The van der Waals surface area contributed by atoms with E-state index in [9.17, 15) is 15.0 Å². The summed E-state index contributed by atoms with van der Waals surface area (Å²) in [6.07, 6.45) is 1.59. The van der Waals surface area contributed by atoms with Crippen LogP contribution in [0.15, 0.2) is 48.5 Å². The summed E-state index contributed by atoms with van der Waals surface area (Å²) in [5, 5.41) is 18.8. The van der Waals surface area contributed by atoms with Crippen molar-refractivity contribution in [1.29, 1.82) is 0 Å². The monoisotopic (exact) mass is 283 g/mol. The van der Waals surface area contributed by atoms with Crippen LogP contribution >= 0.6 is 0 Å². The third-order valence-corrected chi connectivity index (χ3v) is 3.11. The van der Waals surface area contributed by atoms with E-state index in [2.05, 4.69) is 0 Å². The van der Waals surface area contributed by atoms with Crippen LogP contribution in [-0.2, 0) is 4.79 Å². The average Bonchev–Trinajstić information content (AvgIpc) is 2.45. The molecule has 108 valence electrons. The number of benzene rings is 2. The zero-order valence-electron chi connectivity index (χ0n) is 11.9. The zero-order valence-corrected chi connectivity index (χ0v) is 11.9. The average molecular weight is 283 g/mol. The van der Waals surface area contributed by atoms with Gasteiger partial charge in [-0.2, -0.15) is 0 Å². The molecule has 2 aromatic rings. The molecule has 0 bridgehead atoms. The first-order valence-electron chi connectivity index (χ1n) is 6.49. The number of anilines is 1. The number of carbonyl (C=O) groups is 1. The Labute approximate surface area is 123 Å². The molecule has 0 spiro atoms. The Bertz CT molecular complexity index is 673. The molecular formula is C17H17NO3. The molecule has 2 rings (SSSR count). The maximum absolute atomic E-state index is 11.4. The summed E-state index contributed by atoms with van der Waals surface area (Å²) in [5.41, 5.74) is 2.45. The van der Waals surface area contributed by atoms with E-state index in [0.717, 1.165) is 11.3 Å². The van der Waals surface area contributed by atoms with Crippen molar-refractivity contribution in [3.63, 3.8) is 0 Å². The summed E-state index contributed by atoms with van der Waals surface area (Å²) in [5.74, 6) is -0.986. The molecule has 0 aliphatic carbocycles. The number of carboxylic acid groups (broad SMARTS) is 1. The lowest BCUT2D eigenvalue weighted by molar-refractivity contribution is -0.130. The highest BCUT2D eigenvalue weighted by Gasteiger charge is 2.11. The van der Waals surface area contributed by atoms with Crippen LogP contribution in [-0.4, -0.2) is 30.3 Å². The van der Waals surface area contributed by atoms with Gasteiger partial charge in [-0.15, -0.1) is 0 Å². The van der Waals surface area contributed by atoms with Gasteiger partial charge in [0, 0.05) is 19.8 Å². The molecule has 0 heterocycles. The van der Waals surface area contributed by atoms with Crippen molar-refractivity contribution in [1.82, 2.24) is 0 Å². The first-order valence-corrected chi connectivity index (χ1v) is 6.49. The van der Waals surface area contributed by atoms with Crippen LogP contribution in [0.3, 0.4) is 0 Å². The van der Waals surface area contributed by atoms with Gasteiger partial charge in [-0.25, -0.2) is 4.79 Å². The van der Waals surface area contributed by atoms with Crippen molar-refractivity contribution >= 4 is 23.3 Å². The normalized spacial score (nSPS) is 11.2. The summed E-state index contributed by atoms with van der Waals surface area (Å²) < 4.78 is 0. The standard InChI is InChI=1S/C17H17NO3/c1-18(2)14-8-6-12(7-9-14)10-16(17(20)21)13-4-3-5-15(19)11-13/h3-11,19H,1-2H3,(H,20,21)/b16-10-. The predicted molar refractivity (Wildman–Crippen MR) is 84.4 cm³/mol. The van der Waals surface area contributed by atoms with Gasteiger partial charge in [0.15, 0.2) is 0 Å². The Morgan fingerprint density at radius 1 is 1.10 bits per heavy atom. The van der Waals surface area contributed by atoms with Gasteiger partial charge in [0.05, 0.1) is 5.57 Å². The Balaban J connectivity index is 2.40.